The summed E-state index contributed by atoms with van der Waals surface area (Å²) in [6, 6.07) is 5.14. The molecule has 1 heterocycles. The summed E-state index contributed by atoms with van der Waals surface area (Å²) < 4.78 is 27.0. The summed E-state index contributed by atoms with van der Waals surface area (Å²) in [5.41, 5.74) is 0. The van der Waals surface area contributed by atoms with Crippen LogP contribution in [0.25, 0.3) is 10.1 Å². The number of fused-ring (bicyclic) bond motifs is 1. The van der Waals surface area contributed by atoms with Crippen LogP contribution >= 0.6 is 27.3 Å². The summed E-state index contributed by atoms with van der Waals surface area (Å²) in [5, 5.41) is -0.420. The van der Waals surface area contributed by atoms with Crippen molar-refractivity contribution in [1.82, 2.24) is 0 Å². The van der Waals surface area contributed by atoms with Crippen LogP contribution in [0, 0.1) is 10.9 Å². The molecule has 0 fully saturated rings. The summed E-state index contributed by atoms with van der Waals surface area (Å²) in [6.45, 7) is 0. The van der Waals surface area contributed by atoms with Crippen LogP contribution in [-0.4, -0.2) is 0 Å². The Balaban J connectivity index is 2.97. The lowest BCUT2D eigenvalue weighted by Gasteiger charge is -1.91. The Kier molecular flexibility index (Phi) is 1.88. The highest BCUT2D eigenvalue weighted by molar-refractivity contribution is 9.10. The van der Waals surface area contributed by atoms with Gasteiger partial charge in [0.2, 0.25) is 5.13 Å². The van der Waals surface area contributed by atoms with Gasteiger partial charge >= 0.3 is 0 Å². The first kappa shape index (κ1) is 8.13. The number of rotatable bonds is 0. The molecule has 0 N–H and O–H groups in total. The normalized spacial score (nSPS) is 10.9. The first-order valence-electron chi connectivity index (χ1n) is 3.22. The first-order chi connectivity index (χ1) is 5.70. The molecule has 0 saturated heterocycles. The average Bonchev–Trinajstić information content (AvgIpc) is 2.29. The number of hydrogen-bond donors (Lipinski definition) is 0. The van der Waals surface area contributed by atoms with Crippen molar-refractivity contribution in [3.05, 3.63) is 33.6 Å². The molecule has 0 spiro atoms. The zero-order valence-corrected chi connectivity index (χ0v) is 8.18. The Hall–Kier alpha value is -0.480. The van der Waals surface area contributed by atoms with Crippen molar-refractivity contribution in [2.24, 2.45) is 0 Å². The molecule has 0 nitrogen and oxygen atoms in total. The molecule has 0 atom stereocenters. The third-order valence-electron chi connectivity index (χ3n) is 1.57. The van der Waals surface area contributed by atoms with Gasteiger partial charge in [0.1, 0.15) is 0 Å². The van der Waals surface area contributed by atoms with Gasteiger partial charge in [-0.05, 0) is 12.1 Å². The predicted octanol–water partition coefficient (Wildman–Crippen LogP) is 3.94. The average molecular weight is 249 g/mol. The van der Waals surface area contributed by atoms with E-state index in [0.717, 1.165) is 11.3 Å². The van der Waals surface area contributed by atoms with Crippen LogP contribution in [0.2, 0.25) is 0 Å². The van der Waals surface area contributed by atoms with Crippen LogP contribution in [0.1, 0.15) is 0 Å². The molecule has 0 bridgehead atoms. The number of halogens is 3. The van der Waals surface area contributed by atoms with E-state index in [1.54, 1.807) is 18.2 Å². The van der Waals surface area contributed by atoms with Crippen molar-refractivity contribution in [3.8, 4) is 0 Å². The third-order valence-corrected chi connectivity index (χ3v) is 3.15. The van der Waals surface area contributed by atoms with Crippen LogP contribution in [0.15, 0.2) is 22.7 Å². The van der Waals surface area contributed by atoms with Gasteiger partial charge in [-0.25, -0.2) is 4.39 Å². The molecule has 2 rings (SSSR count). The lowest BCUT2D eigenvalue weighted by Crippen LogP contribution is -1.73. The zero-order valence-electron chi connectivity index (χ0n) is 5.77. The maximum Gasteiger partial charge on any atom is 0.213 e. The standard InChI is InChI=1S/C8H3BrF2S/c9-4-2-1-3-5-6(4)7(10)8(11)12-5/h1-3H. The van der Waals surface area contributed by atoms with Crippen LogP contribution in [0.5, 0.6) is 0 Å². The minimum Gasteiger partial charge on any atom is -0.202 e. The molecule has 0 amide bonds. The molecule has 1 aromatic heterocycles. The van der Waals surface area contributed by atoms with Crippen molar-refractivity contribution < 1.29 is 8.78 Å². The number of hydrogen-bond acceptors (Lipinski definition) is 1. The van der Waals surface area contributed by atoms with E-state index < -0.39 is 10.9 Å². The molecule has 0 aliphatic rings. The molecule has 2 aromatic rings. The topological polar surface area (TPSA) is 0 Å². The fourth-order valence-electron chi connectivity index (χ4n) is 1.04. The Bertz CT molecular complexity index is 436. The largest absolute Gasteiger partial charge is 0.213 e. The Labute approximate surface area is 80.0 Å². The highest BCUT2D eigenvalue weighted by Crippen LogP contribution is 2.33. The van der Waals surface area contributed by atoms with Gasteiger partial charge in [0.05, 0.1) is 0 Å². The molecule has 4 heteroatoms. The van der Waals surface area contributed by atoms with E-state index >= 15 is 0 Å². The predicted molar refractivity (Wildman–Crippen MR) is 49.4 cm³/mol. The van der Waals surface area contributed by atoms with Crippen molar-refractivity contribution in [3.63, 3.8) is 0 Å². The van der Waals surface area contributed by atoms with E-state index in [1.807, 2.05) is 0 Å². The molecule has 1 aromatic carbocycles. The van der Waals surface area contributed by atoms with Crippen LogP contribution in [-0.2, 0) is 0 Å². The number of thiophene rings is 1. The van der Waals surface area contributed by atoms with E-state index in [4.69, 9.17) is 0 Å². The molecule has 0 saturated carbocycles. The molecule has 12 heavy (non-hydrogen) atoms. The molecule has 0 radical (unpaired) electrons. The van der Waals surface area contributed by atoms with Gasteiger partial charge in [-0.15, -0.1) is 11.3 Å². The van der Waals surface area contributed by atoms with Crippen LogP contribution in [0.4, 0.5) is 8.78 Å². The van der Waals surface area contributed by atoms with Gasteiger partial charge < -0.3 is 0 Å². The van der Waals surface area contributed by atoms with Crippen molar-refractivity contribution in [2.45, 2.75) is 0 Å². The Morgan fingerprint density at radius 2 is 2.00 bits per heavy atom. The minimum atomic E-state index is -0.762. The lowest BCUT2D eigenvalue weighted by molar-refractivity contribution is 0.537. The summed E-state index contributed by atoms with van der Waals surface area (Å²) in [7, 11) is 0. The molecule has 0 aliphatic carbocycles. The second kappa shape index (κ2) is 2.78. The van der Waals surface area contributed by atoms with Crippen molar-refractivity contribution in [2.75, 3.05) is 0 Å². The quantitative estimate of drug-likeness (QED) is 0.663. The number of benzene rings is 1. The van der Waals surface area contributed by atoms with Gasteiger partial charge in [0.25, 0.3) is 0 Å². The van der Waals surface area contributed by atoms with E-state index in [9.17, 15) is 8.78 Å². The van der Waals surface area contributed by atoms with Gasteiger partial charge in [0.15, 0.2) is 5.82 Å². The zero-order chi connectivity index (χ0) is 8.72. The lowest BCUT2D eigenvalue weighted by atomic mass is 10.2. The van der Waals surface area contributed by atoms with Gasteiger partial charge in [-0.3, -0.25) is 0 Å². The molecule has 0 unspecified atom stereocenters. The molecule has 62 valence electrons. The summed E-state index contributed by atoms with van der Waals surface area (Å²) in [5.74, 6) is -0.762. The summed E-state index contributed by atoms with van der Waals surface area (Å²) in [4.78, 5) is 0. The van der Waals surface area contributed by atoms with Crippen LogP contribution < -0.4 is 0 Å². The monoisotopic (exact) mass is 248 g/mol. The smallest absolute Gasteiger partial charge is 0.202 e. The van der Waals surface area contributed by atoms with Gasteiger partial charge in [-0.2, -0.15) is 4.39 Å². The van der Waals surface area contributed by atoms with E-state index in [1.165, 1.54) is 0 Å². The van der Waals surface area contributed by atoms with Gasteiger partial charge in [-0.1, -0.05) is 22.0 Å². The Morgan fingerprint density at radius 1 is 1.25 bits per heavy atom. The second-order valence-electron chi connectivity index (χ2n) is 2.30. The molecular weight excluding hydrogens is 246 g/mol. The van der Waals surface area contributed by atoms with Crippen molar-refractivity contribution in [1.29, 1.82) is 0 Å². The first-order valence-corrected chi connectivity index (χ1v) is 4.83. The maximum atomic E-state index is 13.0. The second-order valence-corrected chi connectivity index (χ2v) is 4.16. The highest BCUT2D eigenvalue weighted by atomic mass is 79.9. The summed E-state index contributed by atoms with van der Waals surface area (Å²) >= 11 is 3.98. The van der Waals surface area contributed by atoms with E-state index in [2.05, 4.69) is 15.9 Å². The fourth-order valence-corrected chi connectivity index (χ4v) is 2.55. The maximum absolute atomic E-state index is 13.0. The minimum absolute atomic E-state index is 0.333. The molecular formula is C8H3BrF2S. The van der Waals surface area contributed by atoms with E-state index in [-0.39, 0.29) is 0 Å². The SMILES string of the molecule is Fc1sc2cccc(Br)c2c1F. The summed E-state index contributed by atoms with van der Waals surface area (Å²) in [6.07, 6.45) is 0. The van der Waals surface area contributed by atoms with E-state index in [0.29, 0.717) is 14.6 Å². The van der Waals surface area contributed by atoms with Gasteiger partial charge in [0, 0.05) is 14.6 Å². The fraction of sp³-hybridized carbons (Fsp3) is 0. The highest BCUT2D eigenvalue weighted by Gasteiger charge is 2.13. The van der Waals surface area contributed by atoms with Crippen LogP contribution in [0.3, 0.4) is 0 Å². The molecule has 0 aliphatic heterocycles. The Morgan fingerprint density at radius 3 is 2.67 bits per heavy atom. The third kappa shape index (κ3) is 1.06. The van der Waals surface area contributed by atoms with Crippen molar-refractivity contribution >= 4 is 37.4 Å².